The average Bonchev–Trinajstić information content (AvgIpc) is 3.37. The number of rotatable bonds is 6. The molecule has 4 heterocycles. The van der Waals surface area contributed by atoms with E-state index < -0.39 is 0 Å². The maximum Gasteiger partial charge on any atom is 0.310 e. The Bertz CT molecular complexity index is 1280. The third kappa shape index (κ3) is 5.32. The van der Waals surface area contributed by atoms with E-state index in [1.54, 1.807) is 16.2 Å². The number of carbonyl (C=O) groups excluding carboxylic acids is 3. The van der Waals surface area contributed by atoms with E-state index in [-0.39, 0.29) is 29.6 Å². The zero-order valence-corrected chi connectivity index (χ0v) is 21.8. The number of primary amides is 1. The summed E-state index contributed by atoms with van der Waals surface area (Å²) in [5.41, 5.74) is 6.81. The van der Waals surface area contributed by atoms with Gasteiger partial charge in [0, 0.05) is 36.8 Å². The molecule has 2 fully saturated rings. The van der Waals surface area contributed by atoms with Crippen molar-refractivity contribution >= 4 is 45.0 Å². The first kappa shape index (κ1) is 25.2. The van der Waals surface area contributed by atoms with E-state index in [0.29, 0.717) is 57.0 Å². The molecule has 2 aromatic heterocycles. The molecule has 194 valence electrons. The third-order valence-electron chi connectivity index (χ3n) is 7.31. The smallest absolute Gasteiger partial charge is 0.310 e. The molecule has 1 atom stereocenters. The summed E-state index contributed by atoms with van der Waals surface area (Å²) < 4.78 is 6.48. The fraction of sp³-hybridized carbons (Fsp3) is 0.429. The lowest BCUT2D eigenvalue weighted by Crippen LogP contribution is -2.44. The summed E-state index contributed by atoms with van der Waals surface area (Å²) in [6.45, 7) is 4.30. The summed E-state index contributed by atoms with van der Waals surface area (Å²) in [5, 5.41) is 1.16. The second kappa shape index (κ2) is 10.9. The summed E-state index contributed by atoms with van der Waals surface area (Å²) in [6.07, 6.45) is 2.71. The molecule has 2 aliphatic heterocycles. The van der Waals surface area contributed by atoms with Crippen molar-refractivity contribution in [3.63, 3.8) is 0 Å². The molecule has 5 rings (SSSR count). The molecule has 2 N–H and O–H groups in total. The Morgan fingerprint density at radius 3 is 2.57 bits per heavy atom. The Morgan fingerprint density at radius 2 is 1.84 bits per heavy atom. The van der Waals surface area contributed by atoms with Gasteiger partial charge in [-0.2, -0.15) is 0 Å². The van der Waals surface area contributed by atoms with Crippen LogP contribution in [0.3, 0.4) is 0 Å². The van der Waals surface area contributed by atoms with Crippen molar-refractivity contribution in [2.45, 2.75) is 32.6 Å². The van der Waals surface area contributed by atoms with Crippen LogP contribution in [0.1, 0.15) is 43.0 Å². The van der Waals surface area contributed by atoms with Gasteiger partial charge in [-0.3, -0.25) is 14.4 Å². The maximum atomic E-state index is 13.7. The zero-order chi connectivity index (χ0) is 25.9. The molecule has 2 saturated heterocycles. The van der Waals surface area contributed by atoms with E-state index in [1.807, 2.05) is 31.2 Å². The number of hydrogen-bond acceptors (Lipinski definition) is 7. The number of pyridine rings is 1. The number of likely N-dealkylation sites (tertiary alicyclic amines) is 1. The number of hydrogen-bond donors (Lipinski definition) is 1. The quantitative estimate of drug-likeness (QED) is 0.491. The molecule has 2 aliphatic rings. The minimum absolute atomic E-state index is 0.105. The van der Waals surface area contributed by atoms with E-state index in [2.05, 4.69) is 23.1 Å². The number of carbonyl (C=O) groups is 3. The van der Waals surface area contributed by atoms with Crippen molar-refractivity contribution < 1.29 is 19.1 Å². The lowest BCUT2D eigenvalue weighted by molar-refractivity contribution is -0.148. The zero-order valence-electron chi connectivity index (χ0n) is 21.0. The third-order valence-corrected chi connectivity index (χ3v) is 8.45. The Labute approximate surface area is 220 Å². The topological polar surface area (TPSA) is 106 Å². The van der Waals surface area contributed by atoms with Gasteiger partial charge in [-0.1, -0.05) is 18.2 Å². The molecule has 0 aliphatic carbocycles. The first-order valence-electron chi connectivity index (χ1n) is 12.9. The lowest BCUT2D eigenvalue weighted by Gasteiger charge is -2.35. The standard InChI is InChI=1S/C28H32N4O4S/c1-2-36-28(35)20-7-5-13-32(17-20)26-21(27(34)31-14-11-18(12-15-31)25(29)33)9-10-22(30-26)24-16-19-6-3-4-8-23(19)37-24/h3-4,6,8-10,16,18,20H,2,5,7,11-15,17H2,1H3,(H2,29,33). The lowest BCUT2D eigenvalue weighted by atomic mass is 9.95. The molecule has 0 bridgehead atoms. The van der Waals surface area contributed by atoms with Crippen molar-refractivity contribution in [3.8, 4) is 10.6 Å². The summed E-state index contributed by atoms with van der Waals surface area (Å²) in [5.74, 6) is -0.450. The van der Waals surface area contributed by atoms with Gasteiger partial charge in [-0.15, -0.1) is 11.3 Å². The number of fused-ring (bicyclic) bond motifs is 1. The SMILES string of the molecule is CCOC(=O)C1CCCN(c2nc(-c3cc4ccccc4s3)ccc2C(=O)N2CCC(C(N)=O)CC2)C1. The van der Waals surface area contributed by atoms with Crippen molar-refractivity contribution in [1.82, 2.24) is 9.88 Å². The van der Waals surface area contributed by atoms with Crippen LogP contribution in [0.5, 0.6) is 0 Å². The molecular formula is C28H32N4O4S. The van der Waals surface area contributed by atoms with Gasteiger partial charge >= 0.3 is 5.97 Å². The van der Waals surface area contributed by atoms with Crippen LogP contribution in [-0.4, -0.2) is 60.5 Å². The molecule has 1 aromatic carbocycles. The van der Waals surface area contributed by atoms with Crippen molar-refractivity contribution in [3.05, 3.63) is 48.0 Å². The van der Waals surface area contributed by atoms with Gasteiger partial charge in [0.25, 0.3) is 5.91 Å². The Hall–Kier alpha value is -3.46. The van der Waals surface area contributed by atoms with Crippen molar-refractivity contribution in [2.75, 3.05) is 37.7 Å². The molecule has 0 spiro atoms. The molecule has 9 heteroatoms. The molecule has 37 heavy (non-hydrogen) atoms. The number of benzene rings is 1. The highest BCUT2D eigenvalue weighted by atomic mass is 32.1. The van der Waals surface area contributed by atoms with Crippen LogP contribution in [0.4, 0.5) is 5.82 Å². The molecule has 2 amide bonds. The Morgan fingerprint density at radius 1 is 1.05 bits per heavy atom. The van der Waals surface area contributed by atoms with Gasteiger partial charge in [0.05, 0.1) is 28.7 Å². The first-order valence-corrected chi connectivity index (χ1v) is 13.8. The van der Waals surface area contributed by atoms with Gasteiger partial charge in [-0.05, 0) is 62.3 Å². The Balaban J connectivity index is 1.48. The second-order valence-corrected chi connectivity index (χ2v) is 10.8. The van der Waals surface area contributed by atoms with E-state index in [9.17, 15) is 14.4 Å². The number of ether oxygens (including phenoxy) is 1. The maximum absolute atomic E-state index is 13.7. The number of aromatic nitrogens is 1. The van der Waals surface area contributed by atoms with Crippen LogP contribution in [0, 0.1) is 11.8 Å². The van der Waals surface area contributed by atoms with Gasteiger partial charge < -0.3 is 20.3 Å². The Kier molecular flexibility index (Phi) is 7.41. The molecule has 8 nitrogen and oxygen atoms in total. The summed E-state index contributed by atoms with van der Waals surface area (Å²) in [7, 11) is 0. The highest BCUT2D eigenvalue weighted by Gasteiger charge is 2.32. The van der Waals surface area contributed by atoms with Crippen LogP contribution in [0.25, 0.3) is 20.7 Å². The highest BCUT2D eigenvalue weighted by molar-refractivity contribution is 7.22. The average molecular weight is 521 g/mol. The van der Waals surface area contributed by atoms with Gasteiger partial charge in [0.1, 0.15) is 5.82 Å². The fourth-order valence-electron chi connectivity index (χ4n) is 5.26. The number of nitrogens with zero attached hydrogens (tertiary/aromatic N) is 3. The van der Waals surface area contributed by atoms with Gasteiger partial charge in [-0.25, -0.2) is 4.98 Å². The monoisotopic (exact) mass is 520 g/mol. The van der Waals surface area contributed by atoms with Gasteiger partial charge in [0.2, 0.25) is 5.91 Å². The van der Waals surface area contributed by atoms with Crippen LogP contribution >= 0.6 is 11.3 Å². The molecule has 3 aromatic rings. The van der Waals surface area contributed by atoms with E-state index in [1.165, 1.54) is 4.70 Å². The van der Waals surface area contributed by atoms with Gasteiger partial charge in [0.15, 0.2) is 0 Å². The molecular weight excluding hydrogens is 488 g/mol. The van der Waals surface area contributed by atoms with E-state index in [0.717, 1.165) is 28.8 Å². The number of esters is 1. The van der Waals surface area contributed by atoms with E-state index in [4.69, 9.17) is 15.5 Å². The number of amides is 2. The normalized spacial score (nSPS) is 18.7. The van der Waals surface area contributed by atoms with Crippen LogP contribution < -0.4 is 10.6 Å². The second-order valence-electron chi connectivity index (χ2n) is 9.72. The predicted molar refractivity (Wildman–Crippen MR) is 144 cm³/mol. The minimum Gasteiger partial charge on any atom is -0.466 e. The van der Waals surface area contributed by atoms with Crippen LogP contribution in [0.15, 0.2) is 42.5 Å². The molecule has 0 radical (unpaired) electrons. The van der Waals surface area contributed by atoms with Crippen molar-refractivity contribution in [1.29, 1.82) is 0 Å². The highest BCUT2D eigenvalue weighted by Crippen LogP contribution is 2.35. The molecule has 1 unspecified atom stereocenters. The number of nitrogens with two attached hydrogens (primary N) is 1. The van der Waals surface area contributed by atoms with Crippen molar-refractivity contribution in [2.24, 2.45) is 17.6 Å². The van der Waals surface area contributed by atoms with Crippen LogP contribution in [0.2, 0.25) is 0 Å². The predicted octanol–water partition coefficient (Wildman–Crippen LogP) is 4.08. The summed E-state index contributed by atoms with van der Waals surface area (Å²) in [6, 6.07) is 14.1. The summed E-state index contributed by atoms with van der Waals surface area (Å²) >= 11 is 1.67. The summed E-state index contributed by atoms with van der Waals surface area (Å²) in [4.78, 5) is 47.7. The minimum atomic E-state index is -0.305. The van der Waals surface area contributed by atoms with Crippen LogP contribution in [-0.2, 0) is 14.3 Å². The first-order chi connectivity index (χ1) is 17.9. The largest absolute Gasteiger partial charge is 0.466 e. The van der Waals surface area contributed by atoms with E-state index >= 15 is 0 Å². The molecule has 0 saturated carbocycles. The number of piperidine rings is 2. The number of thiophene rings is 1. The number of anilines is 1. The fourth-order valence-corrected chi connectivity index (χ4v) is 6.29.